The van der Waals surface area contributed by atoms with Gasteiger partial charge >= 0.3 is 0 Å². The van der Waals surface area contributed by atoms with Crippen LogP contribution in [0, 0.1) is 12.7 Å². The summed E-state index contributed by atoms with van der Waals surface area (Å²) in [5.74, 6) is 0.285. The van der Waals surface area contributed by atoms with Crippen molar-refractivity contribution in [1.82, 2.24) is 9.72 Å². The van der Waals surface area contributed by atoms with Crippen molar-refractivity contribution < 1.29 is 26.8 Å². The number of aryl methyl sites for hydroxylation is 1. The van der Waals surface area contributed by atoms with E-state index in [0.29, 0.717) is 22.2 Å². The molecule has 0 spiro atoms. The fourth-order valence-corrected chi connectivity index (χ4v) is 5.25. The maximum atomic E-state index is 15.5. The zero-order valence-electron chi connectivity index (χ0n) is 20.6. The first-order valence-electron chi connectivity index (χ1n) is 11.3. The van der Waals surface area contributed by atoms with Gasteiger partial charge in [-0.3, -0.25) is 14.1 Å². The molecular weight excluding hydrogens is 513 g/mol. The summed E-state index contributed by atoms with van der Waals surface area (Å²) in [4.78, 5) is 13.0. The molecule has 2 aromatic heterocycles. The zero-order chi connectivity index (χ0) is 27.0. The lowest BCUT2D eigenvalue weighted by molar-refractivity contribution is 0.411. The molecule has 11 heteroatoms. The third-order valence-electron chi connectivity index (χ3n) is 5.96. The van der Waals surface area contributed by atoms with Crippen LogP contribution in [0.15, 0.2) is 87.2 Å². The predicted molar refractivity (Wildman–Crippen MR) is 140 cm³/mol. The Labute approximate surface area is 217 Å². The number of pyridine rings is 1. The highest BCUT2D eigenvalue weighted by Gasteiger charge is 2.20. The molecule has 0 unspecified atom stereocenters. The van der Waals surface area contributed by atoms with E-state index >= 15 is 4.39 Å². The molecule has 3 aromatic carbocycles. The molecular formula is C27H22FN3O6S. The Kier molecular flexibility index (Phi) is 6.37. The van der Waals surface area contributed by atoms with Crippen LogP contribution in [0.5, 0.6) is 11.5 Å². The van der Waals surface area contributed by atoms with Gasteiger partial charge in [-0.05, 0) is 60.5 Å². The third-order valence-corrected chi connectivity index (χ3v) is 7.31. The van der Waals surface area contributed by atoms with Gasteiger partial charge in [0, 0.05) is 29.1 Å². The van der Waals surface area contributed by atoms with E-state index in [4.69, 9.17) is 9.47 Å². The van der Waals surface area contributed by atoms with Gasteiger partial charge in [0.1, 0.15) is 23.6 Å². The summed E-state index contributed by atoms with van der Waals surface area (Å²) in [7, 11) is -1.02. The highest BCUT2D eigenvalue weighted by molar-refractivity contribution is 7.92. The molecule has 0 saturated heterocycles. The number of ether oxygens (including phenoxy) is 2. The summed E-state index contributed by atoms with van der Waals surface area (Å²) in [5, 5.41) is 3.99. The molecule has 0 fully saturated rings. The van der Waals surface area contributed by atoms with Gasteiger partial charge in [-0.25, -0.2) is 12.8 Å². The Morgan fingerprint density at radius 1 is 0.974 bits per heavy atom. The van der Waals surface area contributed by atoms with Crippen molar-refractivity contribution in [2.75, 3.05) is 18.9 Å². The number of anilines is 1. The second-order valence-corrected chi connectivity index (χ2v) is 10.1. The fourth-order valence-electron chi connectivity index (χ4n) is 4.23. The number of aromatic nitrogens is 2. The molecule has 0 aliphatic heterocycles. The van der Waals surface area contributed by atoms with Crippen molar-refractivity contribution in [2.24, 2.45) is 0 Å². The molecule has 0 atom stereocenters. The first-order valence-corrected chi connectivity index (χ1v) is 12.8. The lowest BCUT2D eigenvalue weighted by Crippen LogP contribution is -2.19. The number of hydrogen-bond donors (Lipinski definition) is 1. The lowest BCUT2D eigenvalue weighted by atomic mass is 10.0. The second kappa shape index (κ2) is 9.67. The predicted octanol–water partition coefficient (Wildman–Crippen LogP) is 4.91. The number of sulfonamides is 1. The van der Waals surface area contributed by atoms with Crippen LogP contribution in [0.1, 0.15) is 5.56 Å². The number of methoxy groups -OCH3 is 2. The summed E-state index contributed by atoms with van der Waals surface area (Å²) in [6, 6.07) is 16.5. The van der Waals surface area contributed by atoms with Crippen LogP contribution in [0.3, 0.4) is 0 Å². The molecule has 2 heterocycles. The SMILES string of the molecule is COc1cc(C)cc(-c2cc(OC)c(-n3c(=O)ccc4cc(S(=O)(=O)Nc5ccon5)ccc43)cc2F)c1. The Morgan fingerprint density at radius 2 is 1.79 bits per heavy atom. The molecule has 9 nitrogen and oxygen atoms in total. The maximum Gasteiger partial charge on any atom is 0.263 e. The normalized spacial score (nSPS) is 11.5. The Hall–Kier alpha value is -4.64. The molecule has 1 N–H and O–H groups in total. The van der Waals surface area contributed by atoms with Gasteiger partial charge in [0.15, 0.2) is 5.82 Å². The minimum atomic E-state index is -3.98. The highest BCUT2D eigenvalue weighted by Crippen LogP contribution is 2.35. The van der Waals surface area contributed by atoms with Crippen LogP contribution in [0.4, 0.5) is 10.2 Å². The molecule has 5 rings (SSSR count). The number of hydrogen-bond acceptors (Lipinski definition) is 7. The number of halogens is 1. The van der Waals surface area contributed by atoms with Crippen LogP contribution in [0.25, 0.3) is 27.7 Å². The topological polar surface area (TPSA) is 113 Å². The van der Waals surface area contributed by atoms with Gasteiger partial charge in [0.25, 0.3) is 15.6 Å². The molecule has 38 heavy (non-hydrogen) atoms. The zero-order valence-corrected chi connectivity index (χ0v) is 21.4. The molecule has 194 valence electrons. The molecule has 0 aliphatic rings. The maximum absolute atomic E-state index is 15.5. The van der Waals surface area contributed by atoms with Crippen LogP contribution in [0.2, 0.25) is 0 Å². The van der Waals surface area contributed by atoms with E-state index in [-0.39, 0.29) is 27.7 Å². The Balaban J connectivity index is 1.64. The standard InChI is InChI=1S/C27H22FN3O6S/c1-16-10-18(12-19(11-16)35-2)21-14-25(36-3)24(15-22(21)28)31-23-6-5-20(13-17(23)4-7-27(31)32)38(33,34)30-26-8-9-37-29-26/h4-15H,1-3H3,(H,29,30). The number of fused-ring (bicyclic) bond motifs is 1. The largest absolute Gasteiger partial charge is 0.497 e. The summed E-state index contributed by atoms with van der Waals surface area (Å²) >= 11 is 0. The van der Waals surface area contributed by atoms with Gasteiger partial charge in [-0.1, -0.05) is 11.2 Å². The van der Waals surface area contributed by atoms with E-state index in [1.165, 1.54) is 73.6 Å². The second-order valence-electron chi connectivity index (χ2n) is 8.46. The molecule has 0 amide bonds. The smallest absolute Gasteiger partial charge is 0.263 e. The van der Waals surface area contributed by atoms with E-state index in [9.17, 15) is 13.2 Å². The van der Waals surface area contributed by atoms with Crippen LogP contribution >= 0.6 is 0 Å². The molecule has 0 radical (unpaired) electrons. The van der Waals surface area contributed by atoms with Gasteiger partial charge in [0.2, 0.25) is 0 Å². The number of nitrogens with one attached hydrogen (secondary N) is 1. The van der Waals surface area contributed by atoms with Gasteiger partial charge in [0.05, 0.1) is 30.3 Å². The van der Waals surface area contributed by atoms with Crippen LogP contribution in [-0.2, 0) is 10.0 Å². The summed E-state index contributed by atoms with van der Waals surface area (Å²) in [6.45, 7) is 1.88. The van der Waals surface area contributed by atoms with E-state index in [2.05, 4.69) is 14.4 Å². The van der Waals surface area contributed by atoms with E-state index in [0.717, 1.165) is 5.56 Å². The lowest BCUT2D eigenvalue weighted by Gasteiger charge is -2.17. The summed E-state index contributed by atoms with van der Waals surface area (Å²) in [5.41, 5.74) is 1.82. The average molecular weight is 536 g/mol. The third kappa shape index (κ3) is 4.59. The van der Waals surface area contributed by atoms with Crippen LogP contribution in [-0.4, -0.2) is 32.4 Å². The monoisotopic (exact) mass is 535 g/mol. The van der Waals surface area contributed by atoms with Crippen molar-refractivity contribution in [2.45, 2.75) is 11.8 Å². The van der Waals surface area contributed by atoms with E-state index in [1.807, 2.05) is 19.1 Å². The van der Waals surface area contributed by atoms with Crippen molar-refractivity contribution >= 4 is 26.7 Å². The van der Waals surface area contributed by atoms with Crippen molar-refractivity contribution in [1.29, 1.82) is 0 Å². The molecule has 5 aromatic rings. The quantitative estimate of drug-likeness (QED) is 0.315. The first kappa shape index (κ1) is 25.0. The summed E-state index contributed by atoms with van der Waals surface area (Å²) < 4.78 is 60.3. The fraction of sp³-hybridized carbons (Fsp3) is 0.111. The summed E-state index contributed by atoms with van der Waals surface area (Å²) in [6.07, 6.45) is 1.24. The first-order chi connectivity index (χ1) is 18.2. The van der Waals surface area contributed by atoms with E-state index in [1.54, 1.807) is 6.07 Å². The highest BCUT2D eigenvalue weighted by atomic mass is 32.2. The molecule has 0 saturated carbocycles. The van der Waals surface area contributed by atoms with Gasteiger partial charge in [-0.15, -0.1) is 0 Å². The van der Waals surface area contributed by atoms with Crippen LogP contribution < -0.4 is 19.8 Å². The minimum absolute atomic E-state index is 0.0293. The minimum Gasteiger partial charge on any atom is -0.497 e. The van der Waals surface area contributed by atoms with Crippen molar-refractivity contribution in [3.05, 3.63) is 94.7 Å². The number of rotatable bonds is 7. The average Bonchev–Trinajstić information content (AvgIpc) is 3.40. The number of benzene rings is 3. The number of nitrogens with zero attached hydrogens (tertiary/aromatic N) is 2. The van der Waals surface area contributed by atoms with Gasteiger partial charge < -0.3 is 14.0 Å². The van der Waals surface area contributed by atoms with Crippen molar-refractivity contribution in [3.8, 4) is 28.3 Å². The Bertz CT molecular complexity index is 1830. The molecule has 0 aliphatic carbocycles. The molecule has 0 bridgehead atoms. The Morgan fingerprint density at radius 3 is 2.50 bits per heavy atom. The van der Waals surface area contributed by atoms with Crippen molar-refractivity contribution in [3.63, 3.8) is 0 Å². The van der Waals surface area contributed by atoms with E-state index < -0.39 is 21.4 Å². The van der Waals surface area contributed by atoms with Gasteiger partial charge in [-0.2, -0.15) is 0 Å².